The maximum atomic E-state index is 5.95. The van der Waals surface area contributed by atoms with Crippen LogP contribution in [0.3, 0.4) is 0 Å². The maximum absolute atomic E-state index is 5.95. The summed E-state index contributed by atoms with van der Waals surface area (Å²) in [4.78, 5) is 7.00. The van der Waals surface area contributed by atoms with Crippen molar-refractivity contribution in [1.82, 2.24) is 9.36 Å². The number of hydrogen-bond donors (Lipinski definition) is 0. The molecule has 0 saturated carbocycles. The van der Waals surface area contributed by atoms with Gasteiger partial charge in [-0.25, -0.2) is 4.98 Å². The number of piperidine rings is 1. The Balaban J connectivity index is 2.09. The van der Waals surface area contributed by atoms with Gasteiger partial charge in [-0.2, -0.15) is 4.37 Å². The minimum Gasteiger partial charge on any atom is -0.347 e. The number of alkyl halides is 1. The summed E-state index contributed by atoms with van der Waals surface area (Å²) < 4.78 is 4.47. The molecule has 3 nitrogen and oxygen atoms in total. The number of hydrogen-bond acceptors (Lipinski definition) is 4. The summed E-state index contributed by atoms with van der Waals surface area (Å²) in [5, 5.41) is 1.06. The highest BCUT2D eigenvalue weighted by Gasteiger charge is 2.25. The van der Waals surface area contributed by atoms with Crippen molar-refractivity contribution in [2.75, 3.05) is 23.9 Å². The van der Waals surface area contributed by atoms with Gasteiger partial charge in [0.15, 0.2) is 0 Å². The molecule has 0 bridgehead atoms. The predicted octanol–water partition coefficient (Wildman–Crippen LogP) is 3.29. The van der Waals surface area contributed by atoms with Crippen LogP contribution in [0.1, 0.15) is 39.4 Å². The van der Waals surface area contributed by atoms with Crippen LogP contribution in [0.4, 0.5) is 5.13 Å². The fourth-order valence-corrected chi connectivity index (χ4v) is 3.16. The first-order chi connectivity index (χ1) is 8.00. The van der Waals surface area contributed by atoms with E-state index in [2.05, 4.69) is 35.0 Å². The molecule has 17 heavy (non-hydrogen) atoms. The Kier molecular flexibility index (Phi) is 3.93. The minimum atomic E-state index is 0.0381. The van der Waals surface area contributed by atoms with Gasteiger partial charge < -0.3 is 4.90 Å². The van der Waals surface area contributed by atoms with Crippen LogP contribution in [0.2, 0.25) is 0 Å². The molecular weight excluding hydrogens is 254 g/mol. The van der Waals surface area contributed by atoms with Crippen LogP contribution >= 0.6 is 23.1 Å². The predicted molar refractivity (Wildman–Crippen MR) is 74.3 cm³/mol. The Morgan fingerprint density at radius 2 is 2.24 bits per heavy atom. The van der Waals surface area contributed by atoms with Crippen molar-refractivity contribution < 1.29 is 0 Å². The molecule has 1 aliphatic heterocycles. The van der Waals surface area contributed by atoms with Gasteiger partial charge >= 0.3 is 0 Å². The van der Waals surface area contributed by atoms with E-state index in [9.17, 15) is 0 Å². The largest absolute Gasteiger partial charge is 0.347 e. The quantitative estimate of drug-likeness (QED) is 0.775. The second-order valence-electron chi connectivity index (χ2n) is 5.76. The summed E-state index contributed by atoms with van der Waals surface area (Å²) in [5.74, 6) is 2.31. The van der Waals surface area contributed by atoms with Crippen molar-refractivity contribution in [2.45, 2.75) is 39.0 Å². The van der Waals surface area contributed by atoms with Gasteiger partial charge in [-0.3, -0.25) is 0 Å². The zero-order valence-corrected chi connectivity index (χ0v) is 12.3. The highest BCUT2D eigenvalue weighted by Crippen LogP contribution is 2.28. The van der Waals surface area contributed by atoms with Gasteiger partial charge in [0.05, 0.1) is 0 Å². The van der Waals surface area contributed by atoms with Gasteiger partial charge in [0.2, 0.25) is 5.13 Å². The van der Waals surface area contributed by atoms with Crippen molar-refractivity contribution in [2.24, 2.45) is 5.92 Å². The van der Waals surface area contributed by atoms with Crippen molar-refractivity contribution in [3.05, 3.63) is 5.82 Å². The first-order valence-corrected chi connectivity index (χ1v) is 7.46. The molecule has 0 N–H and O–H groups in total. The van der Waals surface area contributed by atoms with Crippen LogP contribution < -0.4 is 4.90 Å². The van der Waals surface area contributed by atoms with Gasteiger partial charge in [0.25, 0.3) is 0 Å². The lowest BCUT2D eigenvalue weighted by molar-refractivity contribution is 0.449. The molecule has 1 aromatic heterocycles. The number of anilines is 1. The van der Waals surface area contributed by atoms with Crippen molar-refractivity contribution in [3.8, 4) is 0 Å². The summed E-state index contributed by atoms with van der Waals surface area (Å²) in [6, 6.07) is 0. The SMILES string of the molecule is CC(C)(C)c1nsc(N2CCCC(CCl)C2)n1. The van der Waals surface area contributed by atoms with E-state index in [1.807, 2.05) is 0 Å². The molecule has 1 unspecified atom stereocenters. The zero-order valence-electron chi connectivity index (χ0n) is 10.7. The molecule has 96 valence electrons. The Labute approximate surface area is 112 Å². The van der Waals surface area contributed by atoms with E-state index in [1.165, 1.54) is 24.4 Å². The molecule has 1 atom stereocenters. The molecular formula is C12H20ClN3S. The van der Waals surface area contributed by atoms with E-state index < -0.39 is 0 Å². The highest BCUT2D eigenvalue weighted by atomic mass is 35.5. The molecule has 2 rings (SSSR count). The fourth-order valence-electron chi connectivity index (χ4n) is 2.01. The Bertz CT molecular complexity index is 372. The number of rotatable bonds is 2. The summed E-state index contributed by atoms with van der Waals surface area (Å²) in [6.45, 7) is 8.57. The lowest BCUT2D eigenvalue weighted by atomic mass is 9.96. The molecule has 0 amide bonds. The van der Waals surface area contributed by atoms with E-state index in [0.717, 1.165) is 29.9 Å². The maximum Gasteiger partial charge on any atom is 0.205 e. The van der Waals surface area contributed by atoms with Crippen LogP contribution in [0.15, 0.2) is 0 Å². The zero-order chi connectivity index (χ0) is 12.5. The summed E-state index contributed by atoms with van der Waals surface area (Å²) >= 11 is 7.47. The third kappa shape index (κ3) is 3.10. The average Bonchev–Trinajstić information content (AvgIpc) is 2.78. The van der Waals surface area contributed by atoms with E-state index in [1.54, 1.807) is 0 Å². The minimum absolute atomic E-state index is 0.0381. The molecule has 1 saturated heterocycles. The van der Waals surface area contributed by atoms with Crippen molar-refractivity contribution in [3.63, 3.8) is 0 Å². The molecule has 2 heterocycles. The van der Waals surface area contributed by atoms with Crippen molar-refractivity contribution in [1.29, 1.82) is 0 Å². The van der Waals surface area contributed by atoms with E-state index in [0.29, 0.717) is 5.92 Å². The smallest absolute Gasteiger partial charge is 0.205 e. The summed E-state index contributed by atoms with van der Waals surface area (Å²) in [7, 11) is 0. The Morgan fingerprint density at radius 1 is 1.47 bits per heavy atom. The third-order valence-electron chi connectivity index (χ3n) is 3.09. The number of halogens is 1. The van der Waals surface area contributed by atoms with Gasteiger partial charge in [0.1, 0.15) is 5.82 Å². The van der Waals surface area contributed by atoms with Crippen LogP contribution in [0, 0.1) is 5.92 Å². The molecule has 0 aliphatic carbocycles. The van der Waals surface area contributed by atoms with Gasteiger partial charge in [0, 0.05) is 35.9 Å². The molecule has 0 aromatic carbocycles. The van der Waals surface area contributed by atoms with Crippen LogP contribution in [0.5, 0.6) is 0 Å². The lowest BCUT2D eigenvalue weighted by Gasteiger charge is -2.31. The van der Waals surface area contributed by atoms with Crippen LogP contribution in [0.25, 0.3) is 0 Å². The lowest BCUT2D eigenvalue weighted by Crippen LogP contribution is -2.36. The third-order valence-corrected chi connectivity index (χ3v) is 4.31. The first kappa shape index (κ1) is 13.1. The summed E-state index contributed by atoms with van der Waals surface area (Å²) in [6.07, 6.45) is 2.45. The monoisotopic (exact) mass is 273 g/mol. The fraction of sp³-hybridized carbons (Fsp3) is 0.833. The Hall–Kier alpha value is -0.350. The molecule has 1 aliphatic rings. The molecule has 0 radical (unpaired) electrons. The summed E-state index contributed by atoms with van der Waals surface area (Å²) in [5.41, 5.74) is 0.0381. The van der Waals surface area contributed by atoms with Gasteiger partial charge in [-0.05, 0) is 18.8 Å². The van der Waals surface area contributed by atoms with Crippen LogP contribution in [-0.4, -0.2) is 28.3 Å². The van der Waals surface area contributed by atoms with E-state index in [4.69, 9.17) is 11.6 Å². The van der Waals surface area contributed by atoms with E-state index >= 15 is 0 Å². The average molecular weight is 274 g/mol. The van der Waals surface area contributed by atoms with Gasteiger partial charge in [-0.15, -0.1) is 11.6 Å². The van der Waals surface area contributed by atoms with Crippen LogP contribution in [-0.2, 0) is 5.41 Å². The first-order valence-electron chi connectivity index (χ1n) is 6.16. The van der Waals surface area contributed by atoms with E-state index in [-0.39, 0.29) is 5.41 Å². The second-order valence-corrected chi connectivity index (χ2v) is 6.80. The number of aromatic nitrogens is 2. The molecule has 1 fully saturated rings. The standard InChI is InChI=1S/C12H20ClN3S/c1-12(2,3)10-14-11(17-15-10)16-6-4-5-9(7-13)8-16/h9H,4-8H2,1-3H3. The number of nitrogens with zero attached hydrogens (tertiary/aromatic N) is 3. The Morgan fingerprint density at radius 3 is 2.82 bits per heavy atom. The van der Waals surface area contributed by atoms with Crippen molar-refractivity contribution >= 4 is 28.3 Å². The topological polar surface area (TPSA) is 29.0 Å². The normalized spacial score (nSPS) is 21.9. The molecule has 5 heteroatoms. The highest BCUT2D eigenvalue weighted by molar-refractivity contribution is 7.09. The molecule has 1 aromatic rings. The second kappa shape index (κ2) is 5.11. The molecule has 0 spiro atoms. The van der Waals surface area contributed by atoms with Gasteiger partial charge in [-0.1, -0.05) is 20.8 Å².